The molecule has 0 aliphatic heterocycles. The third-order valence-electron chi connectivity index (χ3n) is 2.40. The quantitative estimate of drug-likeness (QED) is 0.932. The number of nitrogens with zero attached hydrogens (tertiary/aromatic N) is 1. The molecule has 4 nitrogen and oxygen atoms in total. The number of rotatable bonds is 3. The highest BCUT2D eigenvalue weighted by Gasteiger charge is 2.10. The molecule has 0 spiro atoms. The summed E-state index contributed by atoms with van der Waals surface area (Å²) in [6.07, 6.45) is 0. The van der Waals surface area contributed by atoms with E-state index >= 15 is 0 Å². The third-order valence-corrected chi connectivity index (χ3v) is 3.01. The topological polar surface area (TPSA) is 59.4 Å². The first-order chi connectivity index (χ1) is 8.97. The summed E-state index contributed by atoms with van der Waals surface area (Å²) in [4.78, 5) is 14.9. The molecule has 1 aromatic carbocycles. The Morgan fingerprint density at radius 3 is 2.68 bits per heavy atom. The van der Waals surface area contributed by atoms with Crippen LogP contribution in [0, 0.1) is 12.7 Å². The van der Waals surface area contributed by atoms with Crippen LogP contribution >= 0.6 is 15.9 Å². The zero-order valence-electron chi connectivity index (χ0n) is 9.85. The normalized spacial score (nSPS) is 10.3. The molecule has 0 radical (unpaired) electrons. The molecular weight excluding hydrogens is 317 g/mol. The van der Waals surface area contributed by atoms with Gasteiger partial charge in [0.25, 0.3) is 0 Å². The summed E-state index contributed by atoms with van der Waals surface area (Å²) < 4.78 is 18.8. The Bertz CT molecular complexity index is 646. The second kappa shape index (κ2) is 5.36. The lowest BCUT2D eigenvalue weighted by atomic mass is 10.2. The molecule has 6 heteroatoms. The highest BCUT2D eigenvalue weighted by Crippen LogP contribution is 2.25. The molecule has 1 aromatic heterocycles. The lowest BCUT2D eigenvalue weighted by molar-refractivity contribution is 0.0695. The molecule has 0 atom stereocenters. The fraction of sp³-hybridized carbons (Fsp3) is 0.0769. The minimum absolute atomic E-state index is 0.118. The summed E-state index contributed by atoms with van der Waals surface area (Å²) in [5.74, 6) is -0.775. The van der Waals surface area contributed by atoms with Crippen molar-refractivity contribution in [2.24, 2.45) is 0 Å². The Kier molecular flexibility index (Phi) is 3.80. The van der Waals surface area contributed by atoms with Crippen LogP contribution in [0.5, 0.6) is 11.6 Å². The molecule has 2 rings (SSSR count). The summed E-state index contributed by atoms with van der Waals surface area (Å²) in [5.41, 5.74) is 0.471. The predicted molar refractivity (Wildman–Crippen MR) is 70.1 cm³/mol. The van der Waals surface area contributed by atoms with Gasteiger partial charge in [-0.05, 0) is 47.1 Å². The highest BCUT2D eigenvalue weighted by atomic mass is 79.9. The number of pyridine rings is 1. The lowest BCUT2D eigenvalue weighted by Gasteiger charge is -2.07. The smallest absolute Gasteiger partial charge is 0.337 e. The van der Waals surface area contributed by atoms with Crippen LogP contribution in [0.25, 0.3) is 0 Å². The van der Waals surface area contributed by atoms with Crippen LogP contribution < -0.4 is 4.74 Å². The molecule has 2 aromatic rings. The van der Waals surface area contributed by atoms with E-state index in [9.17, 15) is 9.18 Å². The van der Waals surface area contributed by atoms with Crippen molar-refractivity contribution >= 4 is 21.9 Å². The number of ether oxygens (including phenoxy) is 1. The second-order valence-corrected chi connectivity index (χ2v) is 4.62. The van der Waals surface area contributed by atoms with Crippen LogP contribution in [0.1, 0.15) is 16.1 Å². The van der Waals surface area contributed by atoms with Crippen molar-refractivity contribution in [3.05, 3.63) is 51.9 Å². The number of hydrogen-bond donors (Lipinski definition) is 1. The van der Waals surface area contributed by atoms with Crippen molar-refractivity contribution in [1.82, 2.24) is 4.98 Å². The van der Waals surface area contributed by atoms with Gasteiger partial charge in [-0.2, -0.15) is 0 Å². The molecule has 0 aliphatic carbocycles. The number of halogens is 2. The van der Waals surface area contributed by atoms with Gasteiger partial charge >= 0.3 is 5.97 Å². The molecule has 0 amide bonds. The van der Waals surface area contributed by atoms with Crippen molar-refractivity contribution < 1.29 is 19.0 Å². The van der Waals surface area contributed by atoms with Gasteiger partial charge in [0.15, 0.2) is 0 Å². The van der Waals surface area contributed by atoms with Gasteiger partial charge in [0, 0.05) is 6.07 Å². The van der Waals surface area contributed by atoms with Crippen molar-refractivity contribution in [3.63, 3.8) is 0 Å². The zero-order valence-corrected chi connectivity index (χ0v) is 11.4. The largest absolute Gasteiger partial charge is 0.478 e. The molecule has 1 heterocycles. The standard InChI is InChI=1S/C13H9BrFNO3/c1-7-9(13(17)18)3-5-12(16-7)19-8-2-4-11(15)10(14)6-8/h2-6H,1H3,(H,17,18). The number of hydrogen-bond acceptors (Lipinski definition) is 3. The molecule has 0 saturated carbocycles. The Balaban J connectivity index is 2.26. The minimum atomic E-state index is -1.04. The Morgan fingerprint density at radius 1 is 1.37 bits per heavy atom. The first kappa shape index (κ1) is 13.5. The Hall–Kier alpha value is -1.95. The summed E-state index contributed by atoms with van der Waals surface area (Å²) >= 11 is 3.05. The van der Waals surface area contributed by atoms with Gasteiger partial charge in [-0.15, -0.1) is 0 Å². The molecule has 0 unspecified atom stereocenters. The first-order valence-corrected chi connectivity index (χ1v) is 6.10. The van der Waals surface area contributed by atoms with Gasteiger partial charge in [-0.25, -0.2) is 14.2 Å². The van der Waals surface area contributed by atoms with Gasteiger partial charge in [0.2, 0.25) is 5.88 Å². The van der Waals surface area contributed by atoms with Gasteiger partial charge in [-0.1, -0.05) is 0 Å². The average Bonchev–Trinajstić information content (AvgIpc) is 2.33. The Labute approximate surface area is 117 Å². The van der Waals surface area contributed by atoms with Gasteiger partial charge < -0.3 is 9.84 Å². The van der Waals surface area contributed by atoms with E-state index in [1.54, 1.807) is 6.92 Å². The number of benzene rings is 1. The third kappa shape index (κ3) is 3.08. The molecule has 0 aliphatic rings. The molecule has 98 valence electrons. The van der Waals surface area contributed by atoms with E-state index < -0.39 is 11.8 Å². The summed E-state index contributed by atoms with van der Waals surface area (Å²) in [6, 6.07) is 7.06. The number of aromatic carboxylic acids is 1. The van der Waals surface area contributed by atoms with Crippen molar-refractivity contribution in [2.75, 3.05) is 0 Å². The van der Waals surface area contributed by atoms with E-state index in [4.69, 9.17) is 9.84 Å². The van der Waals surface area contributed by atoms with Crippen LogP contribution in [0.4, 0.5) is 4.39 Å². The van der Waals surface area contributed by atoms with Gasteiger partial charge in [0.1, 0.15) is 11.6 Å². The summed E-state index contributed by atoms with van der Waals surface area (Å²) in [6.45, 7) is 1.58. The van der Waals surface area contributed by atoms with E-state index in [1.165, 1.54) is 30.3 Å². The number of carboxylic acid groups (broad SMARTS) is 1. The summed E-state index contributed by atoms with van der Waals surface area (Å²) in [7, 11) is 0. The average molecular weight is 326 g/mol. The second-order valence-electron chi connectivity index (χ2n) is 3.77. The first-order valence-electron chi connectivity index (χ1n) is 5.31. The highest BCUT2D eigenvalue weighted by molar-refractivity contribution is 9.10. The fourth-order valence-electron chi connectivity index (χ4n) is 1.48. The van der Waals surface area contributed by atoms with Crippen molar-refractivity contribution in [2.45, 2.75) is 6.92 Å². The number of carbonyl (C=O) groups is 1. The van der Waals surface area contributed by atoms with E-state index in [-0.39, 0.29) is 15.9 Å². The molecular formula is C13H9BrFNO3. The minimum Gasteiger partial charge on any atom is -0.478 e. The Morgan fingerprint density at radius 2 is 2.11 bits per heavy atom. The summed E-state index contributed by atoms with van der Waals surface area (Å²) in [5, 5.41) is 8.88. The van der Waals surface area contributed by atoms with Crippen LogP contribution in [-0.2, 0) is 0 Å². The van der Waals surface area contributed by atoms with Crippen LogP contribution in [0.3, 0.4) is 0 Å². The van der Waals surface area contributed by atoms with Gasteiger partial charge in [-0.3, -0.25) is 0 Å². The molecule has 0 fully saturated rings. The van der Waals surface area contributed by atoms with Crippen molar-refractivity contribution in [1.29, 1.82) is 0 Å². The molecule has 0 saturated heterocycles. The molecule has 0 bridgehead atoms. The maximum Gasteiger partial charge on any atom is 0.337 e. The van der Waals surface area contributed by atoms with Crippen LogP contribution in [-0.4, -0.2) is 16.1 Å². The van der Waals surface area contributed by atoms with Crippen LogP contribution in [0.2, 0.25) is 0 Å². The van der Waals surface area contributed by atoms with E-state index in [2.05, 4.69) is 20.9 Å². The van der Waals surface area contributed by atoms with Crippen molar-refractivity contribution in [3.8, 4) is 11.6 Å². The number of aromatic nitrogens is 1. The van der Waals surface area contributed by atoms with E-state index in [1.807, 2.05) is 0 Å². The maximum absolute atomic E-state index is 13.1. The SMILES string of the molecule is Cc1nc(Oc2ccc(F)c(Br)c2)ccc1C(=O)O. The molecule has 1 N–H and O–H groups in total. The van der Waals surface area contributed by atoms with E-state index in [0.717, 1.165) is 0 Å². The number of carboxylic acids is 1. The zero-order chi connectivity index (χ0) is 14.0. The van der Waals surface area contributed by atoms with E-state index in [0.29, 0.717) is 11.4 Å². The fourth-order valence-corrected chi connectivity index (χ4v) is 1.84. The monoisotopic (exact) mass is 325 g/mol. The predicted octanol–water partition coefficient (Wildman–Crippen LogP) is 3.78. The number of aryl methyl sites for hydroxylation is 1. The van der Waals surface area contributed by atoms with Crippen LogP contribution in [0.15, 0.2) is 34.8 Å². The molecule has 19 heavy (non-hydrogen) atoms. The lowest BCUT2D eigenvalue weighted by Crippen LogP contribution is -2.02. The van der Waals surface area contributed by atoms with Gasteiger partial charge in [0.05, 0.1) is 15.7 Å². The maximum atomic E-state index is 13.1.